The van der Waals surface area contributed by atoms with Gasteiger partial charge < -0.3 is 10.2 Å². The van der Waals surface area contributed by atoms with Gasteiger partial charge in [-0.25, -0.2) is 0 Å². The Balaban J connectivity index is 2.15. The fourth-order valence-corrected chi connectivity index (χ4v) is 3.48. The Labute approximate surface area is 139 Å². The molecule has 2 nitrogen and oxygen atoms in total. The first-order valence-corrected chi connectivity index (χ1v) is 7.73. The van der Waals surface area contributed by atoms with Crippen molar-refractivity contribution in [2.45, 2.75) is 19.5 Å². The van der Waals surface area contributed by atoms with Crippen LogP contribution in [0.15, 0.2) is 42.5 Å². The summed E-state index contributed by atoms with van der Waals surface area (Å²) in [6.07, 6.45) is 0. The minimum absolute atomic E-state index is 0.359. The van der Waals surface area contributed by atoms with Crippen LogP contribution in [0.3, 0.4) is 0 Å². The maximum absolute atomic E-state index is 6.12. The summed E-state index contributed by atoms with van der Waals surface area (Å²) in [7, 11) is 0. The highest BCUT2D eigenvalue weighted by atomic mass is 35.5. The van der Waals surface area contributed by atoms with E-state index in [2.05, 4.69) is 24.1 Å². The van der Waals surface area contributed by atoms with Crippen molar-refractivity contribution < 1.29 is 0 Å². The first-order chi connectivity index (χ1) is 9.88. The monoisotopic (exact) mass is 336 g/mol. The fraction of sp³-hybridized carbons (Fsp3) is 0.188. The molecule has 0 spiro atoms. The summed E-state index contributed by atoms with van der Waals surface area (Å²) in [5, 5.41) is 4.85. The Morgan fingerprint density at radius 1 is 1.05 bits per heavy atom. The second-order valence-electron chi connectivity index (χ2n) is 5.49. The van der Waals surface area contributed by atoms with Crippen molar-refractivity contribution in [3.05, 3.63) is 58.1 Å². The van der Waals surface area contributed by atoms with Gasteiger partial charge in [0.15, 0.2) is 0 Å². The molecule has 0 radical (unpaired) electrons. The molecule has 0 fully saturated rings. The molecule has 21 heavy (non-hydrogen) atoms. The molecule has 0 amide bonds. The summed E-state index contributed by atoms with van der Waals surface area (Å²) in [6, 6.07) is 13.4. The number of hydrogen-bond donors (Lipinski definition) is 1. The summed E-state index contributed by atoms with van der Waals surface area (Å²) < 4.78 is 0. The molecule has 0 bridgehead atoms. The summed E-state index contributed by atoms with van der Waals surface area (Å²) in [6.45, 7) is 4.16. The van der Waals surface area contributed by atoms with Gasteiger partial charge in [-0.15, -0.1) is 0 Å². The third-order valence-electron chi connectivity index (χ3n) is 3.48. The predicted molar refractivity (Wildman–Crippen MR) is 94.8 cm³/mol. The molecule has 108 valence electrons. The Morgan fingerprint density at radius 3 is 2.48 bits per heavy atom. The molecule has 0 saturated heterocycles. The topological polar surface area (TPSA) is 15.3 Å². The third-order valence-corrected chi connectivity index (χ3v) is 4.35. The zero-order valence-corrected chi connectivity index (χ0v) is 14.0. The lowest BCUT2D eigenvalue weighted by Gasteiger charge is -2.46. The van der Waals surface area contributed by atoms with Crippen LogP contribution in [0.25, 0.3) is 0 Å². The van der Waals surface area contributed by atoms with Crippen LogP contribution < -0.4 is 10.2 Å². The average molecular weight is 337 g/mol. The van der Waals surface area contributed by atoms with Crippen LogP contribution in [-0.4, -0.2) is 10.7 Å². The number of anilines is 2. The van der Waals surface area contributed by atoms with Gasteiger partial charge in [-0.2, -0.15) is 0 Å². The Morgan fingerprint density at radius 2 is 1.76 bits per heavy atom. The molecule has 1 aliphatic heterocycles. The summed E-state index contributed by atoms with van der Waals surface area (Å²) in [5.74, 6) is 0. The van der Waals surface area contributed by atoms with Crippen LogP contribution in [0.4, 0.5) is 11.4 Å². The standard InChI is InChI=1S/C16H14Cl2N2S/c1-16(2)19-14-7-6-11(18)9-13(14)15(21)20(16)12-5-3-4-10(17)8-12/h3-9,19H,1-2H3. The second kappa shape index (κ2) is 5.16. The van der Waals surface area contributed by atoms with Gasteiger partial charge in [0, 0.05) is 27.0 Å². The second-order valence-corrected chi connectivity index (χ2v) is 6.75. The SMILES string of the molecule is CC1(C)Nc2ccc(Cl)cc2C(=S)N1c1cccc(Cl)c1. The molecule has 1 aliphatic rings. The first-order valence-electron chi connectivity index (χ1n) is 6.56. The Kier molecular flexibility index (Phi) is 3.60. The highest BCUT2D eigenvalue weighted by molar-refractivity contribution is 7.81. The van der Waals surface area contributed by atoms with Crippen molar-refractivity contribution in [1.29, 1.82) is 0 Å². The average Bonchev–Trinajstić information content (AvgIpc) is 2.39. The van der Waals surface area contributed by atoms with Crippen molar-refractivity contribution in [2.75, 3.05) is 10.2 Å². The number of rotatable bonds is 1. The first kappa shape index (κ1) is 14.6. The molecular weight excluding hydrogens is 323 g/mol. The smallest absolute Gasteiger partial charge is 0.117 e. The summed E-state index contributed by atoms with van der Waals surface area (Å²) in [4.78, 5) is 2.80. The van der Waals surface area contributed by atoms with E-state index in [-0.39, 0.29) is 5.66 Å². The van der Waals surface area contributed by atoms with E-state index >= 15 is 0 Å². The van der Waals surface area contributed by atoms with Crippen LogP contribution >= 0.6 is 35.4 Å². The number of nitrogens with zero attached hydrogens (tertiary/aromatic N) is 1. The van der Waals surface area contributed by atoms with E-state index in [1.807, 2.05) is 42.5 Å². The molecule has 2 aromatic rings. The van der Waals surface area contributed by atoms with Gasteiger partial charge in [0.1, 0.15) is 10.7 Å². The van der Waals surface area contributed by atoms with Crippen LogP contribution in [0.2, 0.25) is 10.0 Å². The van der Waals surface area contributed by atoms with E-state index < -0.39 is 0 Å². The van der Waals surface area contributed by atoms with E-state index in [4.69, 9.17) is 35.4 Å². The van der Waals surface area contributed by atoms with Gasteiger partial charge >= 0.3 is 0 Å². The normalized spacial score (nSPS) is 16.4. The molecule has 0 saturated carbocycles. The summed E-state index contributed by atoms with van der Waals surface area (Å²) >= 11 is 17.9. The highest BCUT2D eigenvalue weighted by Crippen LogP contribution is 2.37. The lowest BCUT2D eigenvalue weighted by atomic mass is 10.0. The molecule has 1 N–H and O–H groups in total. The maximum Gasteiger partial charge on any atom is 0.117 e. The van der Waals surface area contributed by atoms with Gasteiger partial charge in [0.2, 0.25) is 0 Å². The number of hydrogen-bond acceptors (Lipinski definition) is 2. The molecule has 3 rings (SSSR count). The van der Waals surface area contributed by atoms with Crippen molar-refractivity contribution in [1.82, 2.24) is 0 Å². The van der Waals surface area contributed by atoms with Crippen LogP contribution in [-0.2, 0) is 0 Å². The predicted octanol–water partition coefficient (Wildman–Crippen LogP) is 5.34. The van der Waals surface area contributed by atoms with Crippen molar-refractivity contribution in [3.8, 4) is 0 Å². The lowest BCUT2D eigenvalue weighted by Crippen LogP contribution is -2.56. The molecule has 0 atom stereocenters. The number of fused-ring (bicyclic) bond motifs is 1. The molecule has 0 aromatic heterocycles. The largest absolute Gasteiger partial charge is 0.362 e. The quantitative estimate of drug-likeness (QED) is 0.708. The maximum atomic E-state index is 6.12. The number of thiocarbonyl (C=S) groups is 1. The van der Waals surface area contributed by atoms with E-state index in [1.165, 1.54) is 0 Å². The minimum Gasteiger partial charge on any atom is -0.362 e. The fourth-order valence-electron chi connectivity index (χ4n) is 2.62. The minimum atomic E-state index is -0.359. The van der Waals surface area contributed by atoms with Crippen LogP contribution in [0, 0.1) is 0 Å². The number of benzene rings is 2. The molecule has 0 aliphatic carbocycles. The molecule has 1 heterocycles. The summed E-state index contributed by atoms with van der Waals surface area (Å²) in [5.41, 5.74) is 2.52. The lowest BCUT2D eigenvalue weighted by molar-refractivity contribution is 0.585. The molecule has 0 unspecified atom stereocenters. The van der Waals surface area contributed by atoms with Crippen molar-refractivity contribution in [3.63, 3.8) is 0 Å². The van der Waals surface area contributed by atoms with E-state index in [9.17, 15) is 0 Å². The third kappa shape index (κ3) is 2.61. The van der Waals surface area contributed by atoms with E-state index in [1.54, 1.807) is 0 Å². The molecule has 2 aromatic carbocycles. The van der Waals surface area contributed by atoms with Crippen molar-refractivity contribution >= 4 is 51.8 Å². The van der Waals surface area contributed by atoms with Crippen molar-refractivity contribution in [2.24, 2.45) is 0 Å². The van der Waals surface area contributed by atoms with Gasteiger partial charge in [-0.3, -0.25) is 0 Å². The van der Waals surface area contributed by atoms with Crippen LogP contribution in [0.1, 0.15) is 19.4 Å². The number of nitrogens with one attached hydrogen (secondary N) is 1. The van der Waals surface area contributed by atoms with Crippen LogP contribution in [0.5, 0.6) is 0 Å². The zero-order chi connectivity index (χ0) is 15.2. The molecule has 5 heteroatoms. The van der Waals surface area contributed by atoms with E-state index in [0.717, 1.165) is 21.9 Å². The van der Waals surface area contributed by atoms with Gasteiger partial charge in [-0.1, -0.05) is 41.5 Å². The molecular formula is C16H14Cl2N2S. The number of halogens is 2. The van der Waals surface area contributed by atoms with Gasteiger partial charge in [0.25, 0.3) is 0 Å². The van der Waals surface area contributed by atoms with Gasteiger partial charge in [-0.05, 0) is 50.2 Å². The van der Waals surface area contributed by atoms with E-state index in [0.29, 0.717) is 10.0 Å². The highest BCUT2D eigenvalue weighted by Gasteiger charge is 2.36. The Bertz CT molecular complexity index is 728. The zero-order valence-electron chi connectivity index (χ0n) is 11.7. The Hall–Kier alpha value is -1.29. The van der Waals surface area contributed by atoms with Gasteiger partial charge in [0.05, 0.1) is 0 Å².